The minimum atomic E-state index is 1.15. The molecule has 0 bridgehead atoms. The third-order valence-corrected chi connectivity index (χ3v) is 8.67. The zero-order valence-corrected chi connectivity index (χ0v) is 23.1. The Morgan fingerprint density at radius 1 is 0.450 bits per heavy atom. The number of hydrogen-bond donors (Lipinski definition) is 0. The van der Waals surface area contributed by atoms with Gasteiger partial charge in [-0.3, -0.25) is 0 Å². The number of fused-ring (bicyclic) bond motifs is 3. The van der Waals surface area contributed by atoms with Crippen LogP contribution in [0.25, 0.3) is 31.3 Å². The average Bonchev–Trinajstić information content (AvgIpc) is 3.41. The lowest BCUT2D eigenvalue weighted by molar-refractivity contribution is 1.21. The van der Waals surface area contributed by atoms with Crippen LogP contribution in [0.5, 0.6) is 0 Å². The smallest absolute Gasteiger partial charge is 0.0640 e. The fourth-order valence-corrected chi connectivity index (χ4v) is 6.60. The highest BCUT2D eigenvalue weighted by molar-refractivity contribution is 7.26. The van der Waals surface area contributed by atoms with E-state index in [2.05, 4.69) is 169 Å². The van der Waals surface area contributed by atoms with Gasteiger partial charge in [0.15, 0.2) is 0 Å². The number of rotatable bonds is 6. The fourth-order valence-electron chi connectivity index (χ4n) is 5.41. The largest absolute Gasteiger partial charge is 0.345 e. The molecule has 0 aliphatic rings. The average molecular weight is 533 g/mol. The summed E-state index contributed by atoms with van der Waals surface area (Å²) in [5, 5.41) is 2.56. The molecule has 0 spiro atoms. The summed E-state index contributed by atoms with van der Waals surface area (Å²) in [6, 6.07) is 54.1. The van der Waals surface area contributed by atoms with Gasteiger partial charge in [0.25, 0.3) is 0 Å². The summed E-state index contributed by atoms with van der Waals surface area (Å²) in [5.74, 6) is 0. The number of para-hydroxylation sites is 2. The van der Waals surface area contributed by atoms with Crippen molar-refractivity contribution in [2.75, 3.05) is 16.8 Å². The number of anilines is 5. The molecule has 0 aliphatic heterocycles. The van der Waals surface area contributed by atoms with Crippen molar-refractivity contribution in [2.24, 2.45) is 0 Å². The Hall–Kier alpha value is -4.86. The molecule has 0 saturated carbocycles. The maximum atomic E-state index is 2.36. The summed E-state index contributed by atoms with van der Waals surface area (Å²) in [4.78, 5) is 4.64. The molecule has 2 nitrogen and oxygen atoms in total. The number of thiophene rings is 1. The highest BCUT2D eigenvalue weighted by Gasteiger charge is 2.18. The normalized spacial score (nSPS) is 11.1. The molecule has 192 valence electrons. The third kappa shape index (κ3) is 4.41. The molecule has 1 aromatic heterocycles. The van der Waals surface area contributed by atoms with Gasteiger partial charge >= 0.3 is 0 Å². The first-order chi connectivity index (χ1) is 19.8. The SMILES string of the molecule is CN(c1cccc(-c2ccccc2)c1)c1ccc2sc3c(N(c4ccccc4)c4ccccc4)cccc3c2c1. The Bertz CT molecular complexity index is 1870. The minimum Gasteiger partial charge on any atom is -0.345 e. The molecule has 7 aromatic rings. The van der Waals surface area contributed by atoms with Gasteiger partial charge in [0.1, 0.15) is 0 Å². The highest BCUT2D eigenvalue weighted by Crippen LogP contribution is 2.45. The molecule has 0 N–H and O–H groups in total. The molecule has 0 radical (unpaired) electrons. The van der Waals surface area contributed by atoms with Gasteiger partial charge < -0.3 is 9.80 Å². The van der Waals surface area contributed by atoms with Crippen molar-refractivity contribution in [2.45, 2.75) is 0 Å². The summed E-state index contributed by atoms with van der Waals surface area (Å²) in [6.45, 7) is 0. The van der Waals surface area contributed by atoms with Gasteiger partial charge in [-0.25, -0.2) is 0 Å². The van der Waals surface area contributed by atoms with E-state index in [-0.39, 0.29) is 0 Å². The second kappa shape index (κ2) is 10.4. The number of benzene rings is 6. The molecule has 0 amide bonds. The van der Waals surface area contributed by atoms with E-state index in [1.165, 1.54) is 48.4 Å². The Labute approximate surface area is 239 Å². The van der Waals surface area contributed by atoms with Gasteiger partial charge in [-0.1, -0.05) is 91.0 Å². The second-order valence-electron chi connectivity index (χ2n) is 9.92. The zero-order valence-electron chi connectivity index (χ0n) is 22.2. The lowest BCUT2D eigenvalue weighted by Gasteiger charge is -2.25. The monoisotopic (exact) mass is 532 g/mol. The molecule has 6 aromatic carbocycles. The summed E-state index contributed by atoms with van der Waals surface area (Å²) < 4.78 is 2.58. The van der Waals surface area contributed by atoms with Crippen LogP contribution in [0, 0.1) is 0 Å². The van der Waals surface area contributed by atoms with Gasteiger partial charge in [-0.15, -0.1) is 11.3 Å². The van der Waals surface area contributed by atoms with Gasteiger partial charge in [-0.05, 0) is 71.8 Å². The van der Waals surface area contributed by atoms with Crippen LogP contribution >= 0.6 is 11.3 Å². The van der Waals surface area contributed by atoms with Gasteiger partial charge in [0.05, 0.1) is 10.4 Å². The zero-order chi connectivity index (χ0) is 26.9. The summed E-state index contributed by atoms with van der Waals surface area (Å²) in [7, 11) is 2.15. The van der Waals surface area contributed by atoms with E-state index in [4.69, 9.17) is 0 Å². The molecule has 40 heavy (non-hydrogen) atoms. The molecule has 7 rings (SSSR count). The van der Waals surface area contributed by atoms with E-state index >= 15 is 0 Å². The van der Waals surface area contributed by atoms with Gasteiger partial charge in [0.2, 0.25) is 0 Å². The van der Waals surface area contributed by atoms with E-state index in [0.29, 0.717) is 0 Å². The predicted octanol–water partition coefficient (Wildman–Crippen LogP) is 11.0. The van der Waals surface area contributed by atoms with Crippen LogP contribution in [0.4, 0.5) is 28.4 Å². The Kier molecular flexibility index (Phi) is 6.27. The van der Waals surface area contributed by atoms with Crippen molar-refractivity contribution < 1.29 is 0 Å². The molecule has 0 saturated heterocycles. The first-order valence-corrected chi connectivity index (χ1v) is 14.3. The van der Waals surface area contributed by atoms with Crippen LogP contribution in [0.1, 0.15) is 0 Å². The van der Waals surface area contributed by atoms with E-state index in [1.807, 2.05) is 11.3 Å². The van der Waals surface area contributed by atoms with E-state index in [0.717, 1.165) is 11.4 Å². The fraction of sp³-hybridized carbons (Fsp3) is 0.0270. The Morgan fingerprint density at radius 3 is 1.73 bits per heavy atom. The van der Waals surface area contributed by atoms with Gasteiger partial charge in [-0.2, -0.15) is 0 Å². The van der Waals surface area contributed by atoms with Crippen molar-refractivity contribution in [3.63, 3.8) is 0 Å². The molecule has 0 aliphatic carbocycles. The van der Waals surface area contributed by atoms with Crippen LogP contribution in [0.3, 0.4) is 0 Å². The van der Waals surface area contributed by atoms with Crippen molar-refractivity contribution in [1.29, 1.82) is 0 Å². The predicted molar refractivity (Wildman–Crippen MR) is 174 cm³/mol. The Balaban J connectivity index is 1.33. The van der Waals surface area contributed by atoms with Crippen LogP contribution in [0.15, 0.2) is 152 Å². The van der Waals surface area contributed by atoms with Crippen LogP contribution in [-0.2, 0) is 0 Å². The molecule has 0 fully saturated rings. The first-order valence-electron chi connectivity index (χ1n) is 13.5. The first kappa shape index (κ1) is 24.2. The van der Waals surface area contributed by atoms with Crippen molar-refractivity contribution in [3.8, 4) is 11.1 Å². The van der Waals surface area contributed by atoms with Crippen LogP contribution < -0.4 is 9.80 Å². The van der Waals surface area contributed by atoms with Gasteiger partial charge in [0, 0.05) is 45.3 Å². The second-order valence-corrected chi connectivity index (χ2v) is 11.0. The molecule has 3 heteroatoms. The standard InChI is InChI=1S/C37H28N2S/c1-38(31-20-11-15-28(25-31)27-13-5-2-6-14-27)32-23-24-36-34(26-32)33-21-12-22-35(37(33)40-36)39(29-16-7-3-8-17-29)30-18-9-4-10-19-30/h2-26H,1H3. The third-order valence-electron chi connectivity index (χ3n) is 7.46. The highest BCUT2D eigenvalue weighted by atomic mass is 32.1. The summed E-state index contributed by atoms with van der Waals surface area (Å²) in [6.07, 6.45) is 0. The summed E-state index contributed by atoms with van der Waals surface area (Å²) in [5.41, 5.74) is 8.28. The summed E-state index contributed by atoms with van der Waals surface area (Å²) >= 11 is 1.86. The maximum Gasteiger partial charge on any atom is 0.0640 e. The molecule has 1 heterocycles. The molecular formula is C37H28N2S. The van der Waals surface area contributed by atoms with Crippen LogP contribution in [0.2, 0.25) is 0 Å². The quantitative estimate of drug-likeness (QED) is 0.210. The van der Waals surface area contributed by atoms with Crippen molar-refractivity contribution >= 4 is 59.9 Å². The van der Waals surface area contributed by atoms with E-state index in [9.17, 15) is 0 Å². The topological polar surface area (TPSA) is 6.48 Å². The van der Waals surface area contributed by atoms with Crippen LogP contribution in [-0.4, -0.2) is 7.05 Å². The Morgan fingerprint density at radius 2 is 1.02 bits per heavy atom. The molecule has 0 unspecified atom stereocenters. The lowest BCUT2D eigenvalue weighted by Crippen LogP contribution is -2.09. The maximum absolute atomic E-state index is 2.36. The van der Waals surface area contributed by atoms with E-state index < -0.39 is 0 Å². The number of hydrogen-bond acceptors (Lipinski definition) is 3. The molecular weight excluding hydrogens is 504 g/mol. The van der Waals surface area contributed by atoms with Crippen molar-refractivity contribution in [1.82, 2.24) is 0 Å². The molecule has 0 atom stereocenters. The minimum absolute atomic E-state index is 1.15. The van der Waals surface area contributed by atoms with Crippen molar-refractivity contribution in [3.05, 3.63) is 152 Å². The van der Waals surface area contributed by atoms with E-state index in [1.54, 1.807) is 0 Å². The number of nitrogens with zero attached hydrogens (tertiary/aromatic N) is 2. The lowest BCUT2D eigenvalue weighted by atomic mass is 10.0.